The molecule has 0 saturated carbocycles. The van der Waals surface area contributed by atoms with Gasteiger partial charge in [0, 0.05) is 24.2 Å². The van der Waals surface area contributed by atoms with E-state index in [0.717, 1.165) is 18.4 Å². The number of piperidine rings is 1. The standard InChI is InChI=1S/C21H33ClN2O3S/c1-20(2,3)27-19(25)24-13-11-16(12-14-24)18(23-28(26)21(4,5)6)15-7-9-17(22)10-8-15/h7-10,16,18,23H,11-14H2,1-6H3/t18-,28+/m0/s1. The van der Waals surface area contributed by atoms with Gasteiger partial charge in [0.15, 0.2) is 0 Å². The summed E-state index contributed by atoms with van der Waals surface area (Å²) < 4.78 is 21.2. The van der Waals surface area contributed by atoms with Crippen molar-refractivity contribution < 1.29 is 13.7 Å². The first-order valence-electron chi connectivity index (χ1n) is 9.78. The summed E-state index contributed by atoms with van der Waals surface area (Å²) in [7, 11) is -1.19. The molecule has 5 nitrogen and oxygen atoms in total. The van der Waals surface area contributed by atoms with Gasteiger partial charge in [0.1, 0.15) is 5.60 Å². The highest BCUT2D eigenvalue weighted by atomic mass is 35.5. The van der Waals surface area contributed by atoms with Crippen molar-refractivity contribution in [3.63, 3.8) is 0 Å². The maximum absolute atomic E-state index is 12.8. The molecule has 0 spiro atoms. The number of likely N-dealkylation sites (tertiary alicyclic amines) is 1. The molecule has 2 rings (SSSR count). The van der Waals surface area contributed by atoms with Crippen molar-refractivity contribution in [2.45, 2.75) is 70.8 Å². The Labute approximate surface area is 176 Å². The number of amides is 1. The topological polar surface area (TPSA) is 58.6 Å². The van der Waals surface area contributed by atoms with Gasteiger partial charge in [0.25, 0.3) is 0 Å². The molecule has 0 aliphatic carbocycles. The molecule has 0 radical (unpaired) electrons. The van der Waals surface area contributed by atoms with Crippen LogP contribution in [0.15, 0.2) is 24.3 Å². The molecule has 1 aromatic carbocycles. The third-order valence-corrected chi connectivity index (χ3v) is 6.51. The van der Waals surface area contributed by atoms with Crippen molar-refractivity contribution in [3.05, 3.63) is 34.9 Å². The van der Waals surface area contributed by atoms with Crippen LogP contribution in [0.25, 0.3) is 0 Å². The minimum atomic E-state index is -1.19. The summed E-state index contributed by atoms with van der Waals surface area (Å²) in [5.41, 5.74) is 0.572. The first-order valence-corrected chi connectivity index (χ1v) is 11.3. The highest BCUT2D eigenvalue weighted by Crippen LogP contribution is 2.33. The quantitative estimate of drug-likeness (QED) is 0.727. The number of carbonyl (C=O) groups is 1. The van der Waals surface area contributed by atoms with Gasteiger partial charge in [-0.2, -0.15) is 0 Å². The van der Waals surface area contributed by atoms with Crippen molar-refractivity contribution in [2.75, 3.05) is 13.1 Å². The summed E-state index contributed by atoms with van der Waals surface area (Å²) in [6.07, 6.45) is 1.38. The highest BCUT2D eigenvalue weighted by Gasteiger charge is 2.33. The molecule has 1 amide bonds. The number of hydrogen-bond donors (Lipinski definition) is 1. The smallest absolute Gasteiger partial charge is 0.410 e. The molecule has 28 heavy (non-hydrogen) atoms. The lowest BCUT2D eigenvalue weighted by molar-refractivity contribution is 0.0172. The summed E-state index contributed by atoms with van der Waals surface area (Å²) >= 11 is 6.05. The zero-order chi connectivity index (χ0) is 21.1. The number of halogens is 1. The molecular weight excluding hydrogens is 396 g/mol. The second-order valence-electron chi connectivity index (χ2n) is 9.33. The van der Waals surface area contributed by atoms with Crippen molar-refractivity contribution in [1.29, 1.82) is 0 Å². The number of nitrogens with zero attached hydrogens (tertiary/aromatic N) is 1. The average Bonchev–Trinajstić information content (AvgIpc) is 2.58. The lowest BCUT2D eigenvalue weighted by Crippen LogP contribution is -2.45. The molecule has 1 aliphatic rings. The molecule has 1 fully saturated rings. The normalized spacial score (nSPS) is 18.6. The minimum Gasteiger partial charge on any atom is -0.444 e. The van der Waals surface area contributed by atoms with E-state index in [9.17, 15) is 9.00 Å². The molecule has 1 saturated heterocycles. The summed E-state index contributed by atoms with van der Waals surface area (Å²) in [6.45, 7) is 12.8. The Morgan fingerprint density at radius 2 is 1.68 bits per heavy atom. The molecule has 1 aromatic rings. The second kappa shape index (κ2) is 9.14. The fraction of sp³-hybridized carbons (Fsp3) is 0.667. The number of benzene rings is 1. The maximum Gasteiger partial charge on any atom is 0.410 e. The van der Waals surface area contributed by atoms with Crippen molar-refractivity contribution in [1.82, 2.24) is 9.62 Å². The van der Waals surface area contributed by atoms with Gasteiger partial charge < -0.3 is 9.64 Å². The van der Waals surface area contributed by atoms with Crippen LogP contribution < -0.4 is 4.72 Å². The van der Waals surface area contributed by atoms with E-state index in [1.807, 2.05) is 65.8 Å². The maximum atomic E-state index is 12.8. The molecule has 0 bridgehead atoms. The van der Waals surface area contributed by atoms with Gasteiger partial charge >= 0.3 is 6.09 Å². The highest BCUT2D eigenvalue weighted by molar-refractivity contribution is 7.84. The van der Waals surface area contributed by atoms with Crippen molar-refractivity contribution >= 4 is 28.7 Å². The minimum absolute atomic E-state index is 0.0573. The molecule has 1 heterocycles. The largest absolute Gasteiger partial charge is 0.444 e. The Balaban J connectivity index is 2.11. The Hall–Kier alpha value is -1.11. The lowest BCUT2D eigenvalue weighted by atomic mass is 9.86. The van der Waals surface area contributed by atoms with Gasteiger partial charge in [-0.3, -0.25) is 0 Å². The van der Waals surface area contributed by atoms with Gasteiger partial charge in [-0.25, -0.2) is 13.7 Å². The van der Waals surface area contributed by atoms with Crippen LogP contribution in [0.3, 0.4) is 0 Å². The monoisotopic (exact) mass is 428 g/mol. The fourth-order valence-electron chi connectivity index (χ4n) is 3.14. The number of nitrogens with one attached hydrogen (secondary N) is 1. The molecule has 2 atom stereocenters. The van der Waals surface area contributed by atoms with Gasteiger partial charge in [0.2, 0.25) is 0 Å². The van der Waals surface area contributed by atoms with E-state index in [4.69, 9.17) is 16.3 Å². The third kappa shape index (κ3) is 6.75. The molecular formula is C21H33ClN2O3S. The Morgan fingerprint density at radius 1 is 1.14 bits per heavy atom. The van der Waals surface area contributed by atoms with Crippen LogP contribution in [0.5, 0.6) is 0 Å². The van der Waals surface area contributed by atoms with Gasteiger partial charge in [-0.15, -0.1) is 0 Å². The predicted molar refractivity (Wildman–Crippen MR) is 116 cm³/mol. The molecule has 7 heteroatoms. The number of rotatable bonds is 4. The second-order valence-corrected chi connectivity index (χ2v) is 11.8. The summed E-state index contributed by atoms with van der Waals surface area (Å²) in [5, 5.41) is 0.680. The first kappa shape index (κ1) is 23.2. The Kier molecular flexibility index (Phi) is 7.56. The average molecular weight is 429 g/mol. The molecule has 1 aliphatic heterocycles. The van der Waals surface area contributed by atoms with Crippen LogP contribution in [0.2, 0.25) is 5.02 Å². The van der Waals surface area contributed by atoms with Gasteiger partial charge in [0.05, 0.1) is 15.7 Å². The number of ether oxygens (including phenoxy) is 1. The van der Waals surface area contributed by atoms with Crippen LogP contribution in [-0.2, 0) is 15.7 Å². The third-order valence-electron chi connectivity index (χ3n) is 4.68. The molecule has 0 aromatic heterocycles. The van der Waals surface area contributed by atoms with E-state index < -0.39 is 16.6 Å². The summed E-state index contributed by atoms with van der Waals surface area (Å²) in [6, 6.07) is 7.64. The SMILES string of the molecule is CC(C)(C)OC(=O)N1CCC([C@@H](N[S@](=O)C(C)(C)C)c2ccc(Cl)cc2)CC1. The van der Waals surface area contributed by atoms with Crippen molar-refractivity contribution in [2.24, 2.45) is 5.92 Å². The first-order chi connectivity index (χ1) is 12.9. The van der Waals surface area contributed by atoms with E-state index in [1.54, 1.807) is 4.90 Å². The zero-order valence-corrected chi connectivity index (χ0v) is 19.3. The predicted octanol–water partition coefficient (Wildman–Crippen LogP) is 5.08. The number of hydrogen-bond acceptors (Lipinski definition) is 3. The van der Waals surface area contributed by atoms with E-state index in [1.165, 1.54) is 0 Å². The Morgan fingerprint density at radius 3 is 2.14 bits per heavy atom. The van der Waals surface area contributed by atoms with Crippen LogP contribution in [0.1, 0.15) is 66.0 Å². The van der Waals surface area contributed by atoms with Gasteiger partial charge in [-0.05, 0) is 78.0 Å². The van der Waals surface area contributed by atoms with Crippen molar-refractivity contribution in [3.8, 4) is 0 Å². The molecule has 0 unspecified atom stereocenters. The zero-order valence-electron chi connectivity index (χ0n) is 17.8. The van der Waals surface area contributed by atoms with E-state index in [2.05, 4.69) is 4.72 Å². The Bertz CT molecular complexity index is 687. The summed E-state index contributed by atoms with van der Waals surface area (Å²) in [4.78, 5) is 14.1. The van der Waals surface area contributed by atoms with E-state index >= 15 is 0 Å². The van der Waals surface area contributed by atoms with Crippen LogP contribution in [-0.4, -0.2) is 38.6 Å². The lowest BCUT2D eigenvalue weighted by Gasteiger charge is -2.37. The summed E-state index contributed by atoms with van der Waals surface area (Å²) in [5.74, 6) is 0.270. The van der Waals surface area contributed by atoms with E-state index in [-0.39, 0.29) is 22.8 Å². The van der Waals surface area contributed by atoms with Crippen LogP contribution >= 0.6 is 11.6 Å². The van der Waals surface area contributed by atoms with Crippen LogP contribution in [0.4, 0.5) is 4.79 Å². The number of carbonyl (C=O) groups excluding carboxylic acids is 1. The van der Waals surface area contributed by atoms with Gasteiger partial charge in [-0.1, -0.05) is 23.7 Å². The van der Waals surface area contributed by atoms with Crippen LogP contribution in [0, 0.1) is 5.92 Å². The molecule has 158 valence electrons. The molecule has 1 N–H and O–H groups in total. The fourth-order valence-corrected chi connectivity index (χ4v) is 4.18. The van der Waals surface area contributed by atoms with E-state index in [0.29, 0.717) is 18.1 Å².